The summed E-state index contributed by atoms with van der Waals surface area (Å²) in [5.74, 6) is 0.293. The molecule has 0 spiro atoms. The summed E-state index contributed by atoms with van der Waals surface area (Å²) >= 11 is 0. The largest absolute Gasteiger partial charge is 0.478 e. The van der Waals surface area contributed by atoms with E-state index in [9.17, 15) is 9.59 Å². The van der Waals surface area contributed by atoms with Gasteiger partial charge >= 0.3 is 5.97 Å². The van der Waals surface area contributed by atoms with Crippen molar-refractivity contribution >= 4 is 11.9 Å². The maximum atomic E-state index is 12.5. The number of carboxylic acids is 1. The Bertz CT molecular complexity index is 528. The molecule has 1 rings (SSSR count). The first kappa shape index (κ1) is 17.3. The first-order valence-electron chi connectivity index (χ1n) is 7.12. The molecule has 5 heteroatoms. The molecule has 21 heavy (non-hydrogen) atoms. The second-order valence-corrected chi connectivity index (χ2v) is 6.63. The van der Waals surface area contributed by atoms with Crippen LogP contribution in [-0.2, 0) is 11.3 Å². The molecule has 1 aromatic rings. The van der Waals surface area contributed by atoms with Crippen molar-refractivity contribution in [2.24, 2.45) is 11.3 Å². The van der Waals surface area contributed by atoms with Crippen LogP contribution in [0.4, 0.5) is 0 Å². The van der Waals surface area contributed by atoms with Crippen molar-refractivity contribution in [3.8, 4) is 0 Å². The number of furan rings is 1. The van der Waals surface area contributed by atoms with Gasteiger partial charge in [0.15, 0.2) is 0 Å². The molecule has 0 bridgehead atoms. The van der Waals surface area contributed by atoms with E-state index in [0.29, 0.717) is 17.4 Å². The number of amides is 1. The van der Waals surface area contributed by atoms with Crippen LogP contribution in [0.1, 0.15) is 56.0 Å². The second kappa shape index (κ2) is 6.33. The lowest BCUT2D eigenvalue weighted by molar-refractivity contribution is -0.140. The predicted molar refractivity (Wildman–Crippen MR) is 80.1 cm³/mol. The molecule has 1 aromatic heterocycles. The molecule has 0 radical (unpaired) electrons. The molecule has 0 aliphatic rings. The number of aromatic carboxylic acids is 1. The van der Waals surface area contributed by atoms with Gasteiger partial charge in [0.05, 0.1) is 6.54 Å². The molecule has 118 valence electrons. The summed E-state index contributed by atoms with van der Waals surface area (Å²) in [7, 11) is 1.71. The predicted octanol–water partition coefficient (Wildman–Crippen LogP) is 3.32. The fourth-order valence-electron chi connectivity index (χ4n) is 2.76. The molecule has 0 saturated heterocycles. The third-order valence-electron chi connectivity index (χ3n) is 3.44. The normalized spacial score (nSPS) is 11.8. The Kier molecular flexibility index (Phi) is 5.20. The molecule has 0 aromatic carbocycles. The van der Waals surface area contributed by atoms with Crippen molar-refractivity contribution in [2.75, 3.05) is 7.05 Å². The van der Waals surface area contributed by atoms with Crippen LogP contribution in [0.25, 0.3) is 0 Å². The van der Waals surface area contributed by atoms with Gasteiger partial charge in [-0.05, 0) is 25.3 Å². The van der Waals surface area contributed by atoms with Crippen molar-refractivity contribution in [1.82, 2.24) is 4.90 Å². The van der Waals surface area contributed by atoms with Crippen LogP contribution in [0.3, 0.4) is 0 Å². The van der Waals surface area contributed by atoms with E-state index in [0.717, 1.165) is 6.42 Å². The zero-order valence-electron chi connectivity index (χ0n) is 13.7. The number of hydrogen-bond donors (Lipinski definition) is 1. The molecular formula is C16H25NO4. The van der Waals surface area contributed by atoms with Gasteiger partial charge in [-0.1, -0.05) is 27.7 Å². The standard InChI is InChI=1S/C16H25NO4/c1-10(2)8-16(4,5)15(20)17(6)9-12-7-13(14(18)19)11(3)21-12/h7,10H,8-9H2,1-6H3,(H,18,19). The van der Waals surface area contributed by atoms with E-state index >= 15 is 0 Å². The third-order valence-corrected chi connectivity index (χ3v) is 3.44. The number of rotatable bonds is 6. The van der Waals surface area contributed by atoms with Crippen LogP contribution < -0.4 is 0 Å². The van der Waals surface area contributed by atoms with E-state index in [1.54, 1.807) is 18.9 Å². The van der Waals surface area contributed by atoms with Gasteiger partial charge < -0.3 is 14.4 Å². The van der Waals surface area contributed by atoms with Crippen LogP contribution in [0.5, 0.6) is 0 Å². The van der Waals surface area contributed by atoms with Crippen molar-refractivity contribution < 1.29 is 19.1 Å². The van der Waals surface area contributed by atoms with E-state index in [4.69, 9.17) is 9.52 Å². The fourth-order valence-corrected chi connectivity index (χ4v) is 2.76. The van der Waals surface area contributed by atoms with E-state index in [1.807, 2.05) is 13.8 Å². The van der Waals surface area contributed by atoms with Gasteiger partial charge in [0.25, 0.3) is 0 Å². The summed E-state index contributed by atoms with van der Waals surface area (Å²) in [5.41, 5.74) is -0.299. The molecule has 0 atom stereocenters. The lowest BCUT2D eigenvalue weighted by atomic mass is 9.82. The average Bonchev–Trinajstić information content (AvgIpc) is 2.67. The Morgan fingerprint density at radius 1 is 1.38 bits per heavy atom. The number of aryl methyl sites for hydroxylation is 1. The van der Waals surface area contributed by atoms with Crippen molar-refractivity contribution in [3.05, 3.63) is 23.2 Å². The van der Waals surface area contributed by atoms with Crippen LogP contribution >= 0.6 is 0 Å². The van der Waals surface area contributed by atoms with Gasteiger partial charge in [-0.3, -0.25) is 4.79 Å². The van der Waals surface area contributed by atoms with Gasteiger partial charge in [0.2, 0.25) is 5.91 Å². The van der Waals surface area contributed by atoms with Crippen LogP contribution in [-0.4, -0.2) is 28.9 Å². The molecule has 1 N–H and O–H groups in total. The lowest BCUT2D eigenvalue weighted by Gasteiger charge is -2.30. The molecule has 0 unspecified atom stereocenters. The highest BCUT2D eigenvalue weighted by Gasteiger charge is 2.31. The zero-order valence-corrected chi connectivity index (χ0v) is 13.7. The van der Waals surface area contributed by atoms with E-state index < -0.39 is 11.4 Å². The molecule has 0 aliphatic carbocycles. The van der Waals surface area contributed by atoms with Crippen molar-refractivity contribution in [3.63, 3.8) is 0 Å². The van der Waals surface area contributed by atoms with E-state index in [2.05, 4.69) is 13.8 Å². The first-order chi connectivity index (χ1) is 9.54. The highest BCUT2D eigenvalue weighted by atomic mass is 16.4. The molecule has 1 amide bonds. The Morgan fingerprint density at radius 3 is 2.38 bits per heavy atom. The highest BCUT2D eigenvalue weighted by molar-refractivity contribution is 5.88. The minimum absolute atomic E-state index is 0.0297. The Labute approximate surface area is 125 Å². The SMILES string of the molecule is Cc1oc(CN(C)C(=O)C(C)(C)CC(C)C)cc1C(=O)O. The molecule has 0 aliphatic heterocycles. The topological polar surface area (TPSA) is 70.8 Å². The summed E-state index contributed by atoms with van der Waals surface area (Å²) in [4.78, 5) is 25.1. The Balaban J connectivity index is 2.81. The maximum Gasteiger partial charge on any atom is 0.339 e. The first-order valence-corrected chi connectivity index (χ1v) is 7.12. The summed E-state index contributed by atoms with van der Waals surface area (Å²) in [6, 6.07) is 1.48. The molecule has 1 heterocycles. The van der Waals surface area contributed by atoms with Crippen LogP contribution in [0.15, 0.2) is 10.5 Å². The summed E-state index contributed by atoms with van der Waals surface area (Å²) in [6.07, 6.45) is 0.799. The summed E-state index contributed by atoms with van der Waals surface area (Å²) in [6.45, 7) is 9.92. The number of carboxylic acid groups (broad SMARTS) is 1. The molecule has 0 saturated carbocycles. The van der Waals surface area contributed by atoms with Gasteiger partial charge in [0.1, 0.15) is 17.1 Å². The Morgan fingerprint density at radius 2 is 1.95 bits per heavy atom. The van der Waals surface area contributed by atoms with Gasteiger partial charge in [0, 0.05) is 12.5 Å². The minimum atomic E-state index is -1.02. The van der Waals surface area contributed by atoms with E-state index in [1.165, 1.54) is 6.07 Å². The zero-order chi connectivity index (χ0) is 16.4. The van der Waals surface area contributed by atoms with E-state index in [-0.39, 0.29) is 18.0 Å². The maximum absolute atomic E-state index is 12.5. The van der Waals surface area contributed by atoms with Crippen molar-refractivity contribution in [1.29, 1.82) is 0 Å². The molecular weight excluding hydrogens is 270 g/mol. The molecule has 0 fully saturated rings. The minimum Gasteiger partial charge on any atom is -0.478 e. The third kappa shape index (κ3) is 4.34. The van der Waals surface area contributed by atoms with Gasteiger partial charge in [-0.15, -0.1) is 0 Å². The highest BCUT2D eigenvalue weighted by Crippen LogP contribution is 2.28. The smallest absolute Gasteiger partial charge is 0.339 e. The lowest BCUT2D eigenvalue weighted by Crippen LogP contribution is -2.38. The number of carbonyl (C=O) groups is 2. The quantitative estimate of drug-likeness (QED) is 0.874. The number of nitrogens with zero attached hydrogens (tertiary/aromatic N) is 1. The summed E-state index contributed by atoms with van der Waals surface area (Å²) in [5, 5.41) is 9.01. The number of hydrogen-bond acceptors (Lipinski definition) is 3. The second-order valence-electron chi connectivity index (χ2n) is 6.63. The Hall–Kier alpha value is -1.78. The van der Waals surface area contributed by atoms with Crippen LogP contribution in [0.2, 0.25) is 0 Å². The average molecular weight is 295 g/mol. The fraction of sp³-hybridized carbons (Fsp3) is 0.625. The van der Waals surface area contributed by atoms with Gasteiger partial charge in [-0.25, -0.2) is 4.79 Å². The monoisotopic (exact) mass is 295 g/mol. The molecule has 5 nitrogen and oxygen atoms in total. The van der Waals surface area contributed by atoms with Crippen LogP contribution in [0, 0.1) is 18.3 Å². The number of carbonyl (C=O) groups excluding carboxylic acids is 1. The summed E-state index contributed by atoms with van der Waals surface area (Å²) < 4.78 is 5.42. The van der Waals surface area contributed by atoms with Gasteiger partial charge in [-0.2, -0.15) is 0 Å². The van der Waals surface area contributed by atoms with Crippen molar-refractivity contribution in [2.45, 2.75) is 47.6 Å².